The standard InChI is InChI=1S/C16H26N2O/c1-12-5-6-16(13(2)9-12)18-10-14(3)17(4)15(11-18)7-8-19/h5-6,9,14-15,19H,7-8,10-11H2,1-4H3. The number of hydrogen-bond acceptors (Lipinski definition) is 3. The van der Waals surface area contributed by atoms with E-state index < -0.39 is 0 Å². The molecule has 0 aromatic heterocycles. The highest BCUT2D eigenvalue weighted by Gasteiger charge is 2.29. The maximum absolute atomic E-state index is 9.23. The molecule has 0 amide bonds. The Hall–Kier alpha value is -1.06. The van der Waals surface area contributed by atoms with Crippen LogP contribution in [0.25, 0.3) is 0 Å². The molecule has 1 aromatic rings. The molecule has 1 saturated heterocycles. The number of piperazine rings is 1. The minimum Gasteiger partial charge on any atom is -0.396 e. The van der Waals surface area contributed by atoms with Gasteiger partial charge in [0.15, 0.2) is 0 Å². The smallest absolute Gasteiger partial charge is 0.0446 e. The normalized spacial score (nSPS) is 24.8. The molecule has 1 heterocycles. The summed E-state index contributed by atoms with van der Waals surface area (Å²) in [4.78, 5) is 4.87. The SMILES string of the molecule is Cc1ccc(N2CC(C)N(C)C(CCO)C2)c(C)c1. The number of benzene rings is 1. The molecule has 0 radical (unpaired) electrons. The molecule has 3 heteroatoms. The maximum atomic E-state index is 9.23. The van der Waals surface area contributed by atoms with Crippen molar-refractivity contribution in [3.05, 3.63) is 29.3 Å². The molecule has 1 fully saturated rings. The fraction of sp³-hybridized carbons (Fsp3) is 0.625. The Morgan fingerprint density at radius 2 is 2.00 bits per heavy atom. The Bertz CT molecular complexity index is 433. The van der Waals surface area contributed by atoms with E-state index in [9.17, 15) is 5.11 Å². The first kappa shape index (κ1) is 14.4. The molecule has 2 unspecified atom stereocenters. The summed E-state index contributed by atoms with van der Waals surface area (Å²) < 4.78 is 0. The van der Waals surface area contributed by atoms with Gasteiger partial charge in [0.05, 0.1) is 0 Å². The Morgan fingerprint density at radius 3 is 2.63 bits per heavy atom. The Kier molecular flexibility index (Phi) is 4.48. The predicted octanol–water partition coefficient (Wildman–Crippen LogP) is 2.19. The fourth-order valence-electron chi connectivity index (χ4n) is 3.07. The summed E-state index contributed by atoms with van der Waals surface area (Å²) in [6, 6.07) is 7.63. The van der Waals surface area contributed by atoms with Crippen LogP contribution in [0.1, 0.15) is 24.5 Å². The van der Waals surface area contributed by atoms with Crippen LogP contribution < -0.4 is 4.90 Å². The molecule has 0 aliphatic carbocycles. The minimum absolute atomic E-state index is 0.266. The van der Waals surface area contributed by atoms with Crippen molar-refractivity contribution in [2.75, 3.05) is 31.6 Å². The van der Waals surface area contributed by atoms with Crippen molar-refractivity contribution in [3.63, 3.8) is 0 Å². The van der Waals surface area contributed by atoms with E-state index in [2.05, 4.69) is 55.8 Å². The maximum Gasteiger partial charge on any atom is 0.0446 e. The highest BCUT2D eigenvalue weighted by molar-refractivity contribution is 5.55. The third-order valence-electron chi connectivity index (χ3n) is 4.34. The van der Waals surface area contributed by atoms with Crippen LogP contribution in [-0.4, -0.2) is 48.8 Å². The summed E-state index contributed by atoms with van der Waals surface area (Å²) in [7, 11) is 2.17. The number of aryl methyl sites for hydroxylation is 2. The average Bonchev–Trinajstić information content (AvgIpc) is 2.35. The van der Waals surface area contributed by atoms with E-state index in [1.54, 1.807) is 0 Å². The lowest BCUT2D eigenvalue weighted by Crippen LogP contribution is -2.56. The zero-order valence-corrected chi connectivity index (χ0v) is 12.6. The number of nitrogens with zero attached hydrogens (tertiary/aromatic N) is 2. The first-order valence-electron chi connectivity index (χ1n) is 7.18. The van der Waals surface area contributed by atoms with Gasteiger partial charge in [-0.25, -0.2) is 0 Å². The number of likely N-dealkylation sites (N-methyl/N-ethyl adjacent to an activating group) is 1. The van der Waals surface area contributed by atoms with Crippen molar-refractivity contribution < 1.29 is 5.11 Å². The summed E-state index contributed by atoms with van der Waals surface area (Å²) in [6.45, 7) is 8.92. The highest BCUT2D eigenvalue weighted by atomic mass is 16.3. The molecular weight excluding hydrogens is 236 g/mol. The van der Waals surface area contributed by atoms with Gasteiger partial charge in [0.25, 0.3) is 0 Å². The molecule has 1 aromatic carbocycles. The van der Waals surface area contributed by atoms with Gasteiger partial charge in [0.1, 0.15) is 0 Å². The molecule has 106 valence electrons. The number of aliphatic hydroxyl groups is 1. The Balaban J connectivity index is 2.20. The molecule has 2 rings (SSSR count). The molecule has 1 aliphatic heterocycles. The third kappa shape index (κ3) is 3.10. The van der Waals surface area contributed by atoms with E-state index >= 15 is 0 Å². The first-order chi connectivity index (χ1) is 9.02. The number of aliphatic hydroxyl groups excluding tert-OH is 1. The van der Waals surface area contributed by atoms with E-state index in [0.717, 1.165) is 19.5 Å². The molecule has 1 N–H and O–H groups in total. The van der Waals surface area contributed by atoms with Gasteiger partial charge >= 0.3 is 0 Å². The van der Waals surface area contributed by atoms with Crippen LogP contribution in [0, 0.1) is 13.8 Å². The van der Waals surface area contributed by atoms with Gasteiger partial charge in [-0.2, -0.15) is 0 Å². The lowest BCUT2D eigenvalue weighted by atomic mass is 10.0. The lowest BCUT2D eigenvalue weighted by molar-refractivity contribution is 0.128. The van der Waals surface area contributed by atoms with Crippen LogP contribution >= 0.6 is 0 Å². The fourth-order valence-corrected chi connectivity index (χ4v) is 3.07. The van der Waals surface area contributed by atoms with E-state index in [0.29, 0.717) is 12.1 Å². The molecule has 0 saturated carbocycles. The second-order valence-corrected chi connectivity index (χ2v) is 5.88. The van der Waals surface area contributed by atoms with Crippen molar-refractivity contribution in [3.8, 4) is 0 Å². The van der Waals surface area contributed by atoms with Gasteiger partial charge in [-0.3, -0.25) is 4.90 Å². The monoisotopic (exact) mass is 262 g/mol. The van der Waals surface area contributed by atoms with Gasteiger partial charge in [-0.1, -0.05) is 17.7 Å². The zero-order valence-electron chi connectivity index (χ0n) is 12.6. The topological polar surface area (TPSA) is 26.7 Å². The molecule has 1 aliphatic rings. The van der Waals surface area contributed by atoms with Crippen LogP contribution in [0.5, 0.6) is 0 Å². The summed E-state index contributed by atoms with van der Waals surface area (Å²) >= 11 is 0. The molecule has 19 heavy (non-hydrogen) atoms. The Morgan fingerprint density at radius 1 is 1.26 bits per heavy atom. The van der Waals surface area contributed by atoms with Gasteiger partial charge < -0.3 is 10.0 Å². The molecular formula is C16H26N2O. The number of rotatable bonds is 3. The molecule has 0 bridgehead atoms. The molecule has 0 spiro atoms. The van der Waals surface area contributed by atoms with Crippen molar-refractivity contribution in [1.82, 2.24) is 4.90 Å². The second-order valence-electron chi connectivity index (χ2n) is 5.88. The van der Waals surface area contributed by atoms with Crippen LogP contribution in [0.4, 0.5) is 5.69 Å². The summed E-state index contributed by atoms with van der Waals surface area (Å²) in [6.07, 6.45) is 0.849. The third-order valence-corrected chi connectivity index (χ3v) is 4.34. The lowest BCUT2D eigenvalue weighted by Gasteiger charge is -2.45. The first-order valence-corrected chi connectivity index (χ1v) is 7.18. The van der Waals surface area contributed by atoms with Crippen LogP contribution in [0.2, 0.25) is 0 Å². The number of anilines is 1. The minimum atomic E-state index is 0.266. The van der Waals surface area contributed by atoms with Crippen molar-refractivity contribution in [2.24, 2.45) is 0 Å². The summed E-state index contributed by atoms with van der Waals surface area (Å²) in [5.41, 5.74) is 4.00. The van der Waals surface area contributed by atoms with Gasteiger partial charge in [0.2, 0.25) is 0 Å². The van der Waals surface area contributed by atoms with Crippen LogP contribution in [-0.2, 0) is 0 Å². The van der Waals surface area contributed by atoms with E-state index in [1.165, 1.54) is 16.8 Å². The highest BCUT2D eigenvalue weighted by Crippen LogP contribution is 2.26. The van der Waals surface area contributed by atoms with Crippen LogP contribution in [0.15, 0.2) is 18.2 Å². The zero-order chi connectivity index (χ0) is 14.0. The van der Waals surface area contributed by atoms with E-state index in [-0.39, 0.29) is 6.61 Å². The van der Waals surface area contributed by atoms with Gasteiger partial charge in [-0.05, 0) is 45.9 Å². The summed E-state index contributed by atoms with van der Waals surface area (Å²) in [5, 5.41) is 9.23. The predicted molar refractivity (Wildman–Crippen MR) is 80.8 cm³/mol. The second kappa shape index (κ2) is 5.93. The van der Waals surface area contributed by atoms with Crippen molar-refractivity contribution in [1.29, 1.82) is 0 Å². The van der Waals surface area contributed by atoms with Gasteiger partial charge in [0, 0.05) is 37.5 Å². The summed E-state index contributed by atoms with van der Waals surface area (Å²) in [5.74, 6) is 0. The largest absolute Gasteiger partial charge is 0.396 e. The van der Waals surface area contributed by atoms with Crippen LogP contribution in [0.3, 0.4) is 0 Å². The molecule has 2 atom stereocenters. The quantitative estimate of drug-likeness (QED) is 0.904. The average molecular weight is 262 g/mol. The van der Waals surface area contributed by atoms with Gasteiger partial charge in [-0.15, -0.1) is 0 Å². The Labute approximate surface area is 116 Å². The van der Waals surface area contributed by atoms with E-state index in [4.69, 9.17) is 0 Å². The molecule has 3 nitrogen and oxygen atoms in total. The number of hydrogen-bond donors (Lipinski definition) is 1. The van der Waals surface area contributed by atoms with Crippen molar-refractivity contribution >= 4 is 5.69 Å². The van der Waals surface area contributed by atoms with Crippen molar-refractivity contribution in [2.45, 2.75) is 39.3 Å². The van der Waals surface area contributed by atoms with E-state index in [1.807, 2.05) is 0 Å².